The van der Waals surface area contributed by atoms with E-state index in [-0.39, 0.29) is 0 Å². The van der Waals surface area contributed by atoms with Crippen molar-refractivity contribution in [2.24, 2.45) is 0 Å². The summed E-state index contributed by atoms with van der Waals surface area (Å²) in [7, 11) is -3.43. The van der Waals surface area contributed by atoms with E-state index in [1.54, 1.807) is 0 Å². The summed E-state index contributed by atoms with van der Waals surface area (Å²) in [6.45, 7) is 10.5. The number of hydrogen-bond donors (Lipinski definition) is 1. The van der Waals surface area contributed by atoms with Crippen molar-refractivity contribution in [3.63, 3.8) is 0 Å². The van der Waals surface area contributed by atoms with Gasteiger partial charge in [-0.2, -0.15) is 0 Å². The van der Waals surface area contributed by atoms with Gasteiger partial charge >= 0.3 is 0 Å². The molecule has 2 rings (SSSR count). The Labute approximate surface area is 133 Å². The monoisotopic (exact) mass is 326 g/mol. The molecule has 1 N–H and O–H groups in total. The minimum absolute atomic E-state index is 0.421. The molecule has 0 aliphatic carbocycles. The normalized spacial score (nSPS) is 16.9. The molecular formula is C16H26N2O3S. The molecular weight excluding hydrogens is 300 g/mol. The number of ether oxygens (including phenoxy) is 1. The summed E-state index contributed by atoms with van der Waals surface area (Å²) in [4.78, 5) is 2.73. The molecule has 22 heavy (non-hydrogen) atoms. The van der Waals surface area contributed by atoms with E-state index in [1.807, 2.05) is 32.9 Å². The average molecular weight is 326 g/mol. The summed E-state index contributed by atoms with van der Waals surface area (Å²) in [5, 5.41) is 0. The maximum absolute atomic E-state index is 12.5. The van der Waals surface area contributed by atoms with Crippen molar-refractivity contribution in [2.45, 2.75) is 32.1 Å². The van der Waals surface area contributed by atoms with Gasteiger partial charge in [-0.1, -0.05) is 17.7 Å². The SMILES string of the molecule is Cc1cc(C)c(S(=O)(=O)NCCCN2CCOCC2)c(C)c1. The first-order valence-corrected chi connectivity index (χ1v) is 9.26. The zero-order valence-electron chi connectivity index (χ0n) is 13.7. The number of sulfonamides is 1. The molecule has 0 spiro atoms. The lowest BCUT2D eigenvalue weighted by molar-refractivity contribution is 0.0376. The third-order valence-corrected chi connectivity index (χ3v) is 5.69. The highest BCUT2D eigenvalue weighted by Gasteiger charge is 2.19. The molecule has 5 nitrogen and oxygen atoms in total. The molecule has 1 heterocycles. The van der Waals surface area contributed by atoms with Crippen LogP contribution in [0.5, 0.6) is 0 Å². The Morgan fingerprint density at radius 1 is 1.14 bits per heavy atom. The first-order chi connectivity index (χ1) is 10.4. The molecule has 1 aliphatic rings. The van der Waals surface area contributed by atoms with Crippen LogP contribution in [0.4, 0.5) is 0 Å². The Morgan fingerprint density at radius 3 is 2.32 bits per heavy atom. The summed E-state index contributed by atoms with van der Waals surface area (Å²) in [5.74, 6) is 0. The molecule has 1 saturated heterocycles. The topological polar surface area (TPSA) is 58.6 Å². The third kappa shape index (κ3) is 4.52. The van der Waals surface area contributed by atoms with Gasteiger partial charge in [0.1, 0.15) is 0 Å². The fourth-order valence-corrected chi connectivity index (χ4v) is 4.52. The summed E-state index contributed by atoms with van der Waals surface area (Å²) in [5.41, 5.74) is 2.69. The van der Waals surface area contributed by atoms with Crippen LogP contribution in [-0.2, 0) is 14.8 Å². The number of aryl methyl sites for hydroxylation is 3. The van der Waals surface area contributed by atoms with Crippen LogP contribution in [0.3, 0.4) is 0 Å². The van der Waals surface area contributed by atoms with Gasteiger partial charge in [0.15, 0.2) is 0 Å². The van der Waals surface area contributed by atoms with Gasteiger partial charge in [-0.25, -0.2) is 13.1 Å². The van der Waals surface area contributed by atoms with Crippen LogP contribution in [0.25, 0.3) is 0 Å². The lowest BCUT2D eigenvalue weighted by atomic mass is 10.1. The maximum Gasteiger partial charge on any atom is 0.241 e. The average Bonchev–Trinajstić information content (AvgIpc) is 2.43. The van der Waals surface area contributed by atoms with Crippen molar-refractivity contribution in [1.29, 1.82) is 0 Å². The van der Waals surface area contributed by atoms with Crippen LogP contribution < -0.4 is 4.72 Å². The van der Waals surface area contributed by atoms with Crippen molar-refractivity contribution < 1.29 is 13.2 Å². The van der Waals surface area contributed by atoms with Crippen molar-refractivity contribution >= 4 is 10.0 Å². The van der Waals surface area contributed by atoms with E-state index in [9.17, 15) is 8.42 Å². The minimum atomic E-state index is -3.43. The molecule has 1 fully saturated rings. The largest absolute Gasteiger partial charge is 0.379 e. The number of benzene rings is 1. The number of hydrogen-bond acceptors (Lipinski definition) is 4. The van der Waals surface area contributed by atoms with Gasteiger partial charge in [0.05, 0.1) is 18.1 Å². The third-order valence-electron chi connectivity index (χ3n) is 3.92. The smallest absolute Gasteiger partial charge is 0.241 e. The van der Waals surface area contributed by atoms with Crippen molar-refractivity contribution in [3.05, 3.63) is 28.8 Å². The van der Waals surface area contributed by atoms with Gasteiger partial charge in [0, 0.05) is 19.6 Å². The number of nitrogens with one attached hydrogen (secondary N) is 1. The van der Waals surface area contributed by atoms with Gasteiger partial charge in [-0.15, -0.1) is 0 Å². The van der Waals surface area contributed by atoms with Gasteiger partial charge in [-0.05, 0) is 44.9 Å². The van der Waals surface area contributed by atoms with E-state index >= 15 is 0 Å². The highest BCUT2D eigenvalue weighted by molar-refractivity contribution is 7.89. The summed E-state index contributed by atoms with van der Waals surface area (Å²) >= 11 is 0. The minimum Gasteiger partial charge on any atom is -0.379 e. The molecule has 0 radical (unpaired) electrons. The van der Waals surface area contributed by atoms with Gasteiger partial charge in [0.25, 0.3) is 0 Å². The van der Waals surface area contributed by atoms with Crippen LogP contribution in [-0.4, -0.2) is 52.7 Å². The summed E-state index contributed by atoms with van der Waals surface area (Å²) < 4.78 is 33.0. The molecule has 0 aromatic heterocycles. The zero-order valence-corrected chi connectivity index (χ0v) is 14.5. The van der Waals surface area contributed by atoms with E-state index in [0.29, 0.717) is 11.4 Å². The van der Waals surface area contributed by atoms with Crippen LogP contribution in [0, 0.1) is 20.8 Å². The zero-order chi connectivity index (χ0) is 16.2. The molecule has 1 aromatic rings. The second-order valence-electron chi connectivity index (χ2n) is 5.93. The van der Waals surface area contributed by atoms with Gasteiger partial charge < -0.3 is 4.74 Å². The van der Waals surface area contributed by atoms with Gasteiger partial charge in [0.2, 0.25) is 10.0 Å². The predicted molar refractivity (Wildman–Crippen MR) is 87.7 cm³/mol. The molecule has 0 bridgehead atoms. The van der Waals surface area contributed by atoms with Crippen molar-refractivity contribution in [1.82, 2.24) is 9.62 Å². The fraction of sp³-hybridized carbons (Fsp3) is 0.625. The molecule has 1 aromatic carbocycles. The van der Waals surface area contributed by atoms with E-state index in [2.05, 4.69) is 9.62 Å². The molecule has 0 atom stereocenters. The predicted octanol–water partition coefficient (Wildman–Crippen LogP) is 1.61. The molecule has 124 valence electrons. The van der Waals surface area contributed by atoms with Crippen LogP contribution >= 0.6 is 0 Å². The Balaban J connectivity index is 1.91. The second kappa shape index (κ2) is 7.55. The molecule has 0 amide bonds. The first kappa shape index (κ1) is 17.4. The molecule has 0 saturated carbocycles. The van der Waals surface area contributed by atoms with Crippen molar-refractivity contribution in [2.75, 3.05) is 39.4 Å². The molecule has 6 heteroatoms. The maximum atomic E-state index is 12.5. The number of rotatable bonds is 6. The standard InChI is InChI=1S/C16H26N2O3S/c1-13-11-14(2)16(15(3)12-13)22(19,20)17-5-4-6-18-7-9-21-10-8-18/h11-12,17H,4-10H2,1-3H3. The Morgan fingerprint density at radius 2 is 1.73 bits per heavy atom. The van der Waals surface area contributed by atoms with Crippen LogP contribution in [0.2, 0.25) is 0 Å². The quantitative estimate of drug-likeness (QED) is 0.807. The fourth-order valence-electron chi connectivity index (χ4n) is 3.00. The van der Waals surface area contributed by atoms with Gasteiger partial charge in [-0.3, -0.25) is 4.90 Å². The van der Waals surface area contributed by atoms with Crippen molar-refractivity contribution in [3.8, 4) is 0 Å². The van der Waals surface area contributed by atoms with E-state index in [1.165, 1.54) is 0 Å². The Bertz CT molecular complexity index is 585. The van der Waals surface area contributed by atoms with Crippen LogP contribution in [0.1, 0.15) is 23.1 Å². The highest BCUT2D eigenvalue weighted by atomic mass is 32.2. The molecule has 0 unspecified atom stereocenters. The Hall–Kier alpha value is -0.950. The summed E-state index contributed by atoms with van der Waals surface area (Å²) in [6.07, 6.45) is 0.809. The van der Waals surface area contributed by atoms with E-state index in [0.717, 1.165) is 56.0 Å². The highest BCUT2D eigenvalue weighted by Crippen LogP contribution is 2.21. The summed E-state index contributed by atoms with van der Waals surface area (Å²) in [6, 6.07) is 3.82. The Kier molecular flexibility index (Phi) is 5.97. The van der Waals surface area contributed by atoms with E-state index in [4.69, 9.17) is 4.74 Å². The van der Waals surface area contributed by atoms with E-state index < -0.39 is 10.0 Å². The lowest BCUT2D eigenvalue weighted by Crippen LogP contribution is -2.38. The molecule has 1 aliphatic heterocycles. The number of nitrogens with zero attached hydrogens (tertiary/aromatic N) is 1. The number of morpholine rings is 1. The lowest BCUT2D eigenvalue weighted by Gasteiger charge is -2.26. The second-order valence-corrected chi connectivity index (χ2v) is 7.64. The van der Waals surface area contributed by atoms with Crippen LogP contribution in [0.15, 0.2) is 17.0 Å². The first-order valence-electron chi connectivity index (χ1n) is 7.78.